The molecule has 0 saturated carbocycles. The van der Waals surface area contributed by atoms with Crippen molar-refractivity contribution in [2.45, 2.75) is 39.5 Å². The lowest BCUT2D eigenvalue weighted by Crippen LogP contribution is -2.36. The zero-order chi connectivity index (χ0) is 24.2. The van der Waals surface area contributed by atoms with Crippen LogP contribution in [0.25, 0.3) is 22.3 Å². The van der Waals surface area contributed by atoms with Crippen LogP contribution in [0.4, 0.5) is 0 Å². The first kappa shape index (κ1) is 23.7. The van der Waals surface area contributed by atoms with Gasteiger partial charge in [-0.25, -0.2) is 0 Å². The molecule has 2 aromatic carbocycles. The van der Waals surface area contributed by atoms with Gasteiger partial charge < -0.3 is 23.5 Å². The third kappa shape index (κ3) is 4.74. The number of fused-ring (bicyclic) bond motifs is 1. The minimum Gasteiger partial charge on any atom is -0.493 e. The van der Waals surface area contributed by atoms with Crippen LogP contribution in [0, 0.1) is 13.8 Å². The molecule has 0 unspecified atom stereocenters. The Balaban J connectivity index is 1.79. The summed E-state index contributed by atoms with van der Waals surface area (Å²) in [6.45, 7) is 5.05. The van der Waals surface area contributed by atoms with E-state index in [9.17, 15) is 9.59 Å². The lowest BCUT2D eigenvalue weighted by Gasteiger charge is -2.21. The molecule has 1 amide bonds. The molecule has 3 aromatic rings. The Hall–Kier alpha value is -3.48. The summed E-state index contributed by atoms with van der Waals surface area (Å²) in [5, 5.41) is 0.430. The van der Waals surface area contributed by atoms with Crippen LogP contribution in [0.5, 0.6) is 17.2 Å². The van der Waals surface area contributed by atoms with Crippen molar-refractivity contribution in [2.24, 2.45) is 0 Å². The molecular weight excluding hydrogens is 434 g/mol. The summed E-state index contributed by atoms with van der Waals surface area (Å²) in [6, 6.07) is 9.00. The quantitative estimate of drug-likeness (QED) is 0.517. The minimum absolute atomic E-state index is 0.0212. The maximum atomic E-state index is 13.6. The van der Waals surface area contributed by atoms with Gasteiger partial charge in [-0.1, -0.05) is 18.9 Å². The molecule has 1 aromatic heterocycles. The predicted octanol–water partition coefficient (Wildman–Crippen LogP) is 4.88. The van der Waals surface area contributed by atoms with Crippen molar-refractivity contribution in [1.82, 2.24) is 4.90 Å². The summed E-state index contributed by atoms with van der Waals surface area (Å²) in [4.78, 5) is 28.3. The number of hydrogen-bond acceptors (Lipinski definition) is 6. The number of rotatable bonds is 6. The van der Waals surface area contributed by atoms with E-state index in [0.717, 1.165) is 49.9 Å². The standard InChI is InChI=1S/C27H31NO6/c1-17-13-18(2)25-20(14-17)24(30)27(33-16-23(29)28-11-7-5-6-8-12-28)26(34-25)19-9-10-21(31-3)22(15-19)32-4/h9-10,13-15H,5-8,11-12,16H2,1-4H3. The fourth-order valence-electron chi connectivity index (χ4n) is 4.48. The first-order valence-electron chi connectivity index (χ1n) is 11.6. The molecule has 1 saturated heterocycles. The van der Waals surface area contributed by atoms with Crippen molar-refractivity contribution >= 4 is 16.9 Å². The molecule has 2 heterocycles. The Morgan fingerprint density at radius 1 is 0.971 bits per heavy atom. The van der Waals surface area contributed by atoms with Gasteiger partial charge in [0, 0.05) is 18.7 Å². The Morgan fingerprint density at radius 2 is 1.68 bits per heavy atom. The predicted molar refractivity (Wildman–Crippen MR) is 131 cm³/mol. The molecule has 0 bridgehead atoms. The molecule has 7 heteroatoms. The van der Waals surface area contributed by atoms with Crippen molar-refractivity contribution in [3.8, 4) is 28.6 Å². The molecule has 0 spiro atoms. The number of carbonyl (C=O) groups is 1. The minimum atomic E-state index is -0.304. The molecule has 0 aliphatic carbocycles. The van der Waals surface area contributed by atoms with E-state index in [2.05, 4.69) is 0 Å². The van der Waals surface area contributed by atoms with Crippen LogP contribution >= 0.6 is 0 Å². The second-order valence-corrected chi connectivity index (χ2v) is 8.70. The average Bonchev–Trinajstić information content (AvgIpc) is 3.13. The zero-order valence-corrected chi connectivity index (χ0v) is 20.2. The van der Waals surface area contributed by atoms with Crippen molar-refractivity contribution in [3.05, 3.63) is 51.7 Å². The van der Waals surface area contributed by atoms with E-state index in [4.69, 9.17) is 18.6 Å². The number of aryl methyl sites for hydroxylation is 2. The van der Waals surface area contributed by atoms with Crippen LogP contribution in [0.2, 0.25) is 0 Å². The highest BCUT2D eigenvalue weighted by atomic mass is 16.5. The third-order valence-corrected chi connectivity index (χ3v) is 6.22. The Kier molecular flexibility index (Phi) is 7.10. The number of methoxy groups -OCH3 is 2. The monoisotopic (exact) mass is 465 g/mol. The molecule has 34 heavy (non-hydrogen) atoms. The molecule has 0 N–H and O–H groups in total. The van der Waals surface area contributed by atoms with Gasteiger partial charge in [0.15, 0.2) is 23.9 Å². The Labute approximate surface area is 199 Å². The van der Waals surface area contributed by atoms with Crippen LogP contribution in [0.1, 0.15) is 36.8 Å². The zero-order valence-electron chi connectivity index (χ0n) is 20.2. The van der Waals surface area contributed by atoms with Crippen LogP contribution in [0.15, 0.2) is 39.5 Å². The number of amides is 1. The van der Waals surface area contributed by atoms with Gasteiger partial charge in [0.05, 0.1) is 19.6 Å². The summed E-state index contributed by atoms with van der Waals surface area (Å²) >= 11 is 0. The summed E-state index contributed by atoms with van der Waals surface area (Å²) in [5.41, 5.74) is 2.57. The topological polar surface area (TPSA) is 78.2 Å². The number of ether oxygens (including phenoxy) is 3. The van der Waals surface area contributed by atoms with Crippen LogP contribution in [-0.4, -0.2) is 44.7 Å². The van der Waals surface area contributed by atoms with Gasteiger partial charge in [0.1, 0.15) is 5.58 Å². The van der Waals surface area contributed by atoms with Gasteiger partial charge in [0.2, 0.25) is 11.2 Å². The third-order valence-electron chi connectivity index (χ3n) is 6.22. The van der Waals surface area contributed by atoms with E-state index in [0.29, 0.717) is 28.0 Å². The van der Waals surface area contributed by atoms with Gasteiger partial charge in [0.25, 0.3) is 5.91 Å². The summed E-state index contributed by atoms with van der Waals surface area (Å²) in [5.74, 6) is 1.21. The first-order valence-corrected chi connectivity index (χ1v) is 11.6. The fraction of sp³-hybridized carbons (Fsp3) is 0.407. The van der Waals surface area contributed by atoms with E-state index in [1.54, 1.807) is 38.5 Å². The molecule has 180 valence electrons. The molecule has 0 radical (unpaired) electrons. The molecule has 0 atom stereocenters. The molecular formula is C27H31NO6. The number of hydrogen-bond donors (Lipinski definition) is 0. The first-order chi connectivity index (χ1) is 16.4. The lowest BCUT2D eigenvalue weighted by molar-refractivity contribution is -0.133. The molecule has 1 aliphatic heterocycles. The van der Waals surface area contributed by atoms with Gasteiger partial charge >= 0.3 is 0 Å². The van der Waals surface area contributed by atoms with Crippen molar-refractivity contribution in [3.63, 3.8) is 0 Å². The largest absolute Gasteiger partial charge is 0.493 e. The molecule has 7 nitrogen and oxygen atoms in total. The van der Waals surface area contributed by atoms with Crippen LogP contribution in [0.3, 0.4) is 0 Å². The Morgan fingerprint density at radius 3 is 2.35 bits per heavy atom. The van der Waals surface area contributed by atoms with E-state index in [-0.39, 0.29) is 29.5 Å². The van der Waals surface area contributed by atoms with E-state index in [1.807, 2.05) is 24.8 Å². The van der Waals surface area contributed by atoms with Crippen LogP contribution in [-0.2, 0) is 4.79 Å². The lowest BCUT2D eigenvalue weighted by atomic mass is 10.0. The van der Waals surface area contributed by atoms with E-state index >= 15 is 0 Å². The normalized spacial score (nSPS) is 14.1. The van der Waals surface area contributed by atoms with Gasteiger partial charge in [-0.05, 0) is 62.1 Å². The van der Waals surface area contributed by atoms with E-state index in [1.165, 1.54) is 0 Å². The maximum Gasteiger partial charge on any atom is 0.260 e. The number of nitrogens with zero attached hydrogens (tertiary/aromatic N) is 1. The number of likely N-dealkylation sites (tertiary alicyclic amines) is 1. The van der Waals surface area contributed by atoms with Crippen molar-refractivity contribution < 1.29 is 23.4 Å². The average molecular weight is 466 g/mol. The second-order valence-electron chi connectivity index (χ2n) is 8.70. The highest BCUT2D eigenvalue weighted by Crippen LogP contribution is 2.37. The van der Waals surface area contributed by atoms with Crippen LogP contribution < -0.4 is 19.6 Å². The van der Waals surface area contributed by atoms with Crippen molar-refractivity contribution in [2.75, 3.05) is 33.9 Å². The Bertz CT molecular complexity index is 1250. The second kappa shape index (κ2) is 10.2. The van der Waals surface area contributed by atoms with Gasteiger partial charge in [-0.2, -0.15) is 0 Å². The molecule has 1 aliphatic rings. The van der Waals surface area contributed by atoms with Gasteiger partial charge in [-0.15, -0.1) is 0 Å². The highest BCUT2D eigenvalue weighted by Gasteiger charge is 2.23. The summed E-state index contributed by atoms with van der Waals surface area (Å²) in [7, 11) is 3.10. The molecule has 4 rings (SSSR count). The number of benzene rings is 2. The summed E-state index contributed by atoms with van der Waals surface area (Å²) < 4.78 is 23.0. The fourth-order valence-corrected chi connectivity index (χ4v) is 4.48. The maximum absolute atomic E-state index is 13.6. The SMILES string of the molecule is COc1ccc(-c2oc3c(C)cc(C)cc3c(=O)c2OCC(=O)N2CCCCCC2)cc1OC. The number of carbonyl (C=O) groups excluding carboxylic acids is 1. The highest BCUT2D eigenvalue weighted by molar-refractivity contribution is 5.85. The van der Waals surface area contributed by atoms with Gasteiger partial charge in [-0.3, -0.25) is 9.59 Å². The van der Waals surface area contributed by atoms with Crippen molar-refractivity contribution in [1.29, 1.82) is 0 Å². The summed E-state index contributed by atoms with van der Waals surface area (Å²) in [6.07, 6.45) is 4.22. The smallest absolute Gasteiger partial charge is 0.260 e. The molecule has 1 fully saturated rings. The van der Waals surface area contributed by atoms with E-state index < -0.39 is 0 Å².